The van der Waals surface area contributed by atoms with Crippen LogP contribution in [0, 0.1) is 0 Å². The predicted octanol–water partition coefficient (Wildman–Crippen LogP) is 4.36. The summed E-state index contributed by atoms with van der Waals surface area (Å²) in [5.41, 5.74) is 1.74. The molecule has 1 aliphatic heterocycles. The second-order valence-electron chi connectivity index (χ2n) is 8.32. The second-order valence-corrected chi connectivity index (χ2v) is 9.35. The van der Waals surface area contributed by atoms with Crippen LogP contribution in [0.4, 0.5) is 0 Å². The van der Waals surface area contributed by atoms with E-state index in [-0.39, 0.29) is 24.3 Å². The van der Waals surface area contributed by atoms with Crippen LogP contribution < -0.4 is 10.1 Å². The Balaban J connectivity index is 1.58. The van der Waals surface area contributed by atoms with Gasteiger partial charge in [-0.25, -0.2) is 0 Å². The monoisotopic (exact) mass is 478 g/mol. The van der Waals surface area contributed by atoms with Crippen molar-refractivity contribution in [2.45, 2.75) is 38.0 Å². The van der Waals surface area contributed by atoms with E-state index in [1.807, 2.05) is 72.1 Å². The number of hydrogen-bond acceptors (Lipinski definition) is 5. The van der Waals surface area contributed by atoms with Crippen LogP contribution in [0.2, 0.25) is 0 Å². The molecular weight excluding hydrogens is 448 g/mol. The summed E-state index contributed by atoms with van der Waals surface area (Å²) >= 11 is 1.55. The highest BCUT2D eigenvalue weighted by atomic mass is 32.1. The number of thiophene rings is 1. The van der Waals surface area contributed by atoms with Gasteiger partial charge in [-0.1, -0.05) is 48.5 Å². The van der Waals surface area contributed by atoms with Crippen molar-refractivity contribution in [2.24, 2.45) is 0 Å². The van der Waals surface area contributed by atoms with Crippen molar-refractivity contribution in [3.05, 3.63) is 88.1 Å². The Morgan fingerprint density at radius 3 is 2.56 bits per heavy atom. The quantitative estimate of drug-likeness (QED) is 0.470. The summed E-state index contributed by atoms with van der Waals surface area (Å²) in [4.78, 5) is 29.8. The summed E-state index contributed by atoms with van der Waals surface area (Å²) in [6.45, 7) is 1.44. The number of benzene rings is 2. The first-order valence-electron chi connectivity index (χ1n) is 11.5. The lowest BCUT2D eigenvalue weighted by atomic mass is 10.0. The third-order valence-electron chi connectivity index (χ3n) is 5.95. The number of rotatable bonds is 10. The molecule has 0 unspecified atom stereocenters. The molecule has 0 radical (unpaired) electrons. The summed E-state index contributed by atoms with van der Waals surface area (Å²) in [6.07, 6.45) is 2.06. The van der Waals surface area contributed by atoms with Gasteiger partial charge in [0.25, 0.3) is 0 Å². The van der Waals surface area contributed by atoms with E-state index in [9.17, 15) is 9.59 Å². The zero-order valence-corrected chi connectivity index (χ0v) is 20.1. The fourth-order valence-corrected chi connectivity index (χ4v) is 4.86. The van der Waals surface area contributed by atoms with E-state index in [0.29, 0.717) is 19.7 Å². The van der Waals surface area contributed by atoms with E-state index in [4.69, 9.17) is 9.47 Å². The van der Waals surface area contributed by atoms with Crippen LogP contribution in [0.5, 0.6) is 5.75 Å². The standard InChI is InChI=1S/C27H30N2O4S/c1-32-22-13-11-20(12-14-22)18-28-27(31)26(21-7-3-2-4-8-21)29(19-23-9-5-15-33-23)25(30)17-24-10-6-16-34-24/h2-4,6-8,10-14,16,23,26H,5,9,15,17-19H2,1H3,(H,28,31)/t23-,26-/m0/s1. The van der Waals surface area contributed by atoms with Crippen LogP contribution in [0.3, 0.4) is 0 Å². The van der Waals surface area contributed by atoms with Crippen LogP contribution in [0.1, 0.15) is 34.9 Å². The van der Waals surface area contributed by atoms with Gasteiger partial charge in [0.2, 0.25) is 11.8 Å². The number of nitrogens with one attached hydrogen (secondary N) is 1. The first-order valence-corrected chi connectivity index (χ1v) is 12.4. The number of methoxy groups -OCH3 is 1. The highest BCUT2D eigenvalue weighted by molar-refractivity contribution is 7.10. The third-order valence-corrected chi connectivity index (χ3v) is 6.83. The molecule has 0 saturated carbocycles. The van der Waals surface area contributed by atoms with Gasteiger partial charge in [0.1, 0.15) is 11.8 Å². The zero-order chi connectivity index (χ0) is 23.8. The van der Waals surface area contributed by atoms with Gasteiger partial charge >= 0.3 is 0 Å². The van der Waals surface area contributed by atoms with E-state index in [1.54, 1.807) is 23.3 Å². The third kappa shape index (κ3) is 6.24. The topological polar surface area (TPSA) is 67.9 Å². The van der Waals surface area contributed by atoms with Crippen molar-refractivity contribution in [3.63, 3.8) is 0 Å². The molecule has 7 heteroatoms. The van der Waals surface area contributed by atoms with Crippen LogP contribution >= 0.6 is 11.3 Å². The van der Waals surface area contributed by atoms with Gasteiger partial charge in [0, 0.05) is 24.6 Å². The molecule has 1 saturated heterocycles. The van der Waals surface area contributed by atoms with E-state index < -0.39 is 6.04 Å². The van der Waals surface area contributed by atoms with E-state index in [0.717, 1.165) is 34.6 Å². The van der Waals surface area contributed by atoms with Crippen molar-refractivity contribution in [1.29, 1.82) is 0 Å². The molecule has 0 spiro atoms. The fraction of sp³-hybridized carbons (Fsp3) is 0.333. The van der Waals surface area contributed by atoms with Gasteiger partial charge in [-0.3, -0.25) is 9.59 Å². The molecule has 2 atom stereocenters. The highest BCUT2D eigenvalue weighted by Gasteiger charge is 2.34. The predicted molar refractivity (Wildman–Crippen MR) is 133 cm³/mol. The molecule has 4 rings (SSSR count). The number of amides is 2. The SMILES string of the molecule is COc1ccc(CNC(=O)[C@H](c2ccccc2)N(C[C@@H]2CCCO2)C(=O)Cc2cccs2)cc1. The second kappa shape index (κ2) is 11.8. The number of carbonyl (C=O) groups is 2. The molecule has 34 heavy (non-hydrogen) atoms. The molecule has 2 heterocycles. The molecule has 1 fully saturated rings. The largest absolute Gasteiger partial charge is 0.497 e. The highest BCUT2D eigenvalue weighted by Crippen LogP contribution is 2.26. The molecule has 2 amide bonds. The fourth-order valence-electron chi connectivity index (χ4n) is 4.16. The lowest BCUT2D eigenvalue weighted by Gasteiger charge is -2.33. The van der Waals surface area contributed by atoms with E-state index >= 15 is 0 Å². The van der Waals surface area contributed by atoms with Crippen molar-refractivity contribution in [2.75, 3.05) is 20.3 Å². The minimum atomic E-state index is -0.740. The van der Waals surface area contributed by atoms with Gasteiger partial charge < -0.3 is 19.7 Å². The van der Waals surface area contributed by atoms with Crippen LogP contribution in [-0.2, 0) is 27.3 Å². The van der Waals surface area contributed by atoms with Crippen LogP contribution in [-0.4, -0.2) is 43.1 Å². The molecule has 0 bridgehead atoms. The van der Waals surface area contributed by atoms with E-state index in [1.165, 1.54) is 0 Å². The summed E-state index contributed by atoms with van der Waals surface area (Å²) in [5.74, 6) is 0.477. The van der Waals surface area contributed by atoms with Gasteiger partial charge in [0.15, 0.2) is 0 Å². The van der Waals surface area contributed by atoms with Crippen molar-refractivity contribution < 1.29 is 19.1 Å². The number of nitrogens with zero attached hydrogens (tertiary/aromatic N) is 1. The van der Waals surface area contributed by atoms with Crippen molar-refractivity contribution in [3.8, 4) is 5.75 Å². The summed E-state index contributed by atoms with van der Waals surface area (Å²) in [6, 6.07) is 20.2. The first-order chi connectivity index (χ1) is 16.6. The minimum absolute atomic E-state index is 0.0621. The number of carbonyl (C=O) groups excluding carboxylic acids is 2. The maximum atomic E-state index is 13.6. The molecule has 1 N–H and O–H groups in total. The van der Waals surface area contributed by atoms with Gasteiger partial charge in [-0.05, 0) is 47.5 Å². The first kappa shape index (κ1) is 24.0. The molecule has 6 nitrogen and oxygen atoms in total. The Labute approximate surface area is 204 Å². The van der Waals surface area contributed by atoms with Crippen molar-refractivity contribution in [1.82, 2.24) is 10.2 Å². The zero-order valence-electron chi connectivity index (χ0n) is 19.3. The molecule has 178 valence electrons. The van der Waals surface area contributed by atoms with E-state index in [2.05, 4.69) is 5.32 Å². The Morgan fingerprint density at radius 1 is 1.12 bits per heavy atom. The molecule has 3 aromatic rings. The van der Waals surface area contributed by atoms with Crippen LogP contribution in [0.25, 0.3) is 0 Å². The number of ether oxygens (including phenoxy) is 2. The molecule has 0 aliphatic carbocycles. The Morgan fingerprint density at radius 2 is 1.91 bits per heavy atom. The lowest BCUT2D eigenvalue weighted by Crippen LogP contribution is -2.47. The minimum Gasteiger partial charge on any atom is -0.497 e. The van der Waals surface area contributed by atoms with Gasteiger partial charge in [-0.15, -0.1) is 11.3 Å². The average Bonchev–Trinajstić information content (AvgIpc) is 3.58. The number of hydrogen-bond donors (Lipinski definition) is 1. The summed E-state index contributed by atoms with van der Waals surface area (Å²) in [5, 5.41) is 5.00. The lowest BCUT2D eigenvalue weighted by molar-refractivity contribution is -0.142. The Bertz CT molecular complexity index is 1050. The molecule has 1 aromatic heterocycles. The summed E-state index contributed by atoms with van der Waals surface area (Å²) in [7, 11) is 1.62. The smallest absolute Gasteiger partial charge is 0.247 e. The average molecular weight is 479 g/mol. The van der Waals surface area contributed by atoms with Gasteiger partial charge in [0.05, 0.1) is 19.6 Å². The molecular formula is C27H30N2O4S. The van der Waals surface area contributed by atoms with Gasteiger partial charge in [-0.2, -0.15) is 0 Å². The normalized spacial score (nSPS) is 16.1. The maximum absolute atomic E-state index is 13.6. The van der Waals surface area contributed by atoms with Crippen molar-refractivity contribution >= 4 is 23.2 Å². The Kier molecular flexibility index (Phi) is 8.33. The summed E-state index contributed by atoms with van der Waals surface area (Å²) < 4.78 is 11.1. The molecule has 1 aliphatic rings. The van der Waals surface area contributed by atoms with Crippen LogP contribution in [0.15, 0.2) is 72.1 Å². The maximum Gasteiger partial charge on any atom is 0.247 e. The molecule has 2 aromatic carbocycles. The Hall–Kier alpha value is -3.16.